The number of amides is 1. The van der Waals surface area contributed by atoms with Gasteiger partial charge in [0.15, 0.2) is 5.96 Å². The smallest absolute Gasteiger partial charge is 0.251 e. The zero-order valence-electron chi connectivity index (χ0n) is 16.1. The number of ether oxygens (including phenoxy) is 1. The Bertz CT molecular complexity index is 601. The molecule has 0 saturated carbocycles. The van der Waals surface area contributed by atoms with Crippen molar-refractivity contribution in [1.82, 2.24) is 16.0 Å². The molecule has 1 aliphatic heterocycles. The molecule has 8 heteroatoms. The van der Waals surface area contributed by atoms with Crippen LogP contribution in [0.2, 0.25) is 0 Å². The second-order valence-electron chi connectivity index (χ2n) is 6.60. The van der Waals surface area contributed by atoms with Crippen LogP contribution in [0.1, 0.15) is 35.7 Å². The number of rotatable bonds is 8. The number of carbonyl (C=O) groups is 1. The Kier molecular flexibility index (Phi) is 10.6. The highest BCUT2D eigenvalue weighted by atomic mass is 127. The van der Waals surface area contributed by atoms with Gasteiger partial charge in [0.05, 0.1) is 13.2 Å². The summed E-state index contributed by atoms with van der Waals surface area (Å²) in [6.07, 6.45) is 1.67. The van der Waals surface area contributed by atoms with Gasteiger partial charge >= 0.3 is 0 Å². The molecule has 27 heavy (non-hydrogen) atoms. The van der Waals surface area contributed by atoms with Crippen LogP contribution in [0.25, 0.3) is 0 Å². The van der Waals surface area contributed by atoms with E-state index < -0.39 is 0 Å². The third-order valence-electron chi connectivity index (χ3n) is 4.67. The minimum absolute atomic E-state index is 0. The van der Waals surface area contributed by atoms with E-state index in [0.717, 1.165) is 44.1 Å². The molecule has 0 aliphatic carbocycles. The molecule has 0 radical (unpaired) electrons. The molecule has 0 aromatic heterocycles. The fourth-order valence-corrected chi connectivity index (χ4v) is 3.00. The summed E-state index contributed by atoms with van der Waals surface area (Å²) in [6, 6.07) is 7.43. The molecule has 1 aromatic carbocycles. The number of aliphatic hydroxyl groups excluding tert-OH is 1. The summed E-state index contributed by atoms with van der Waals surface area (Å²) in [5, 5.41) is 18.6. The van der Waals surface area contributed by atoms with Crippen LogP contribution in [-0.2, 0) is 11.3 Å². The minimum atomic E-state index is -0.0944. The molecule has 1 heterocycles. The lowest BCUT2D eigenvalue weighted by atomic mass is 9.84. The minimum Gasteiger partial charge on any atom is -0.396 e. The molecule has 0 bridgehead atoms. The maximum atomic E-state index is 11.6. The van der Waals surface area contributed by atoms with Crippen molar-refractivity contribution in [1.29, 1.82) is 0 Å². The highest BCUT2D eigenvalue weighted by molar-refractivity contribution is 14.0. The van der Waals surface area contributed by atoms with Crippen molar-refractivity contribution in [2.75, 3.05) is 40.0 Å². The molecule has 1 unspecified atom stereocenters. The van der Waals surface area contributed by atoms with Crippen LogP contribution in [0.5, 0.6) is 0 Å². The standard InChI is InChI=1S/C19H30N4O3.HI/c1-3-21-18(23-13-19(8-10-24)9-11-26-14-19)22-12-15-4-6-16(7-5-15)17(25)20-2;/h4-7,24H,3,8-14H2,1-2H3,(H,20,25)(H2,21,22,23);1H. The van der Waals surface area contributed by atoms with E-state index in [9.17, 15) is 9.90 Å². The molecule has 1 aromatic rings. The summed E-state index contributed by atoms with van der Waals surface area (Å²) in [5.74, 6) is 0.648. The van der Waals surface area contributed by atoms with Gasteiger partial charge in [-0.25, -0.2) is 4.99 Å². The first-order chi connectivity index (χ1) is 12.6. The number of aliphatic hydroxyl groups is 1. The SMILES string of the molecule is CCNC(=NCc1ccc(C(=O)NC)cc1)NCC1(CCO)CCOC1.I. The topological polar surface area (TPSA) is 95.0 Å². The Balaban J connectivity index is 0.00000364. The summed E-state index contributed by atoms with van der Waals surface area (Å²) in [6.45, 7) is 5.61. The predicted molar refractivity (Wildman–Crippen MR) is 118 cm³/mol. The molecule has 7 nitrogen and oxygen atoms in total. The van der Waals surface area contributed by atoms with Gasteiger partial charge in [0.1, 0.15) is 0 Å². The number of hydrogen-bond acceptors (Lipinski definition) is 4. The largest absolute Gasteiger partial charge is 0.396 e. The molecule has 2 rings (SSSR count). The number of halogens is 1. The third kappa shape index (κ3) is 7.27. The Hall–Kier alpha value is -1.39. The van der Waals surface area contributed by atoms with Gasteiger partial charge in [-0.15, -0.1) is 24.0 Å². The van der Waals surface area contributed by atoms with Crippen molar-refractivity contribution < 1.29 is 14.6 Å². The predicted octanol–water partition coefficient (Wildman–Crippen LogP) is 1.51. The summed E-state index contributed by atoms with van der Waals surface area (Å²) < 4.78 is 5.53. The summed E-state index contributed by atoms with van der Waals surface area (Å²) in [4.78, 5) is 16.2. The van der Waals surface area contributed by atoms with Crippen LogP contribution >= 0.6 is 24.0 Å². The lowest BCUT2D eigenvalue weighted by Gasteiger charge is -2.27. The highest BCUT2D eigenvalue weighted by Crippen LogP contribution is 2.31. The van der Waals surface area contributed by atoms with E-state index in [1.165, 1.54) is 0 Å². The average Bonchev–Trinajstić information content (AvgIpc) is 3.13. The van der Waals surface area contributed by atoms with Gasteiger partial charge in [-0.05, 0) is 37.5 Å². The normalized spacial score (nSPS) is 19.3. The van der Waals surface area contributed by atoms with Gasteiger partial charge in [-0.3, -0.25) is 4.79 Å². The molecule has 1 fully saturated rings. The first-order valence-electron chi connectivity index (χ1n) is 9.14. The Morgan fingerprint density at radius 1 is 1.30 bits per heavy atom. The van der Waals surface area contributed by atoms with Gasteiger partial charge in [0, 0.05) is 44.3 Å². The van der Waals surface area contributed by atoms with Gasteiger partial charge in [-0.2, -0.15) is 0 Å². The van der Waals surface area contributed by atoms with E-state index in [-0.39, 0.29) is 41.9 Å². The molecular weight excluding hydrogens is 459 g/mol. The quantitative estimate of drug-likeness (QED) is 0.252. The number of aliphatic imine (C=N–C) groups is 1. The van der Waals surface area contributed by atoms with Gasteiger partial charge in [-0.1, -0.05) is 12.1 Å². The summed E-state index contributed by atoms with van der Waals surface area (Å²) in [5.41, 5.74) is 1.64. The van der Waals surface area contributed by atoms with Crippen LogP contribution in [0, 0.1) is 5.41 Å². The first kappa shape index (κ1) is 23.6. The summed E-state index contributed by atoms with van der Waals surface area (Å²) in [7, 11) is 1.62. The van der Waals surface area contributed by atoms with Crippen LogP contribution in [-0.4, -0.2) is 56.9 Å². The summed E-state index contributed by atoms with van der Waals surface area (Å²) >= 11 is 0. The van der Waals surface area contributed by atoms with Crippen LogP contribution in [0.15, 0.2) is 29.3 Å². The maximum absolute atomic E-state index is 11.6. The van der Waals surface area contributed by atoms with E-state index in [0.29, 0.717) is 18.7 Å². The average molecular weight is 490 g/mol. The van der Waals surface area contributed by atoms with Crippen molar-refractivity contribution in [3.8, 4) is 0 Å². The van der Waals surface area contributed by atoms with Gasteiger partial charge < -0.3 is 25.8 Å². The monoisotopic (exact) mass is 490 g/mol. The third-order valence-corrected chi connectivity index (χ3v) is 4.67. The number of guanidine groups is 1. The zero-order valence-corrected chi connectivity index (χ0v) is 18.4. The Morgan fingerprint density at radius 2 is 2.04 bits per heavy atom. The molecule has 1 saturated heterocycles. The molecule has 1 aliphatic rings. The second kappa shape index (κ2) is 12.1. The van der Waals surface area contributed by atoms with Crippen LogP contribution in [0.3, 0.4) is 0 Å². The van der Waals surface area contributed by atoms with E-state index in [4.69, 9.17) is 4.74 Å². The number of benzene rings is 1. The van der Waals surface area contributed by atoms with Gasteiger partial charge in [0.2, 0.25) is 0 Å². The van der Waals surface area contributed by atoms with E-state index in [2.05, 4.69) is 20.9 Å². The molecule has 0 spiro atoms. The Labute approximate surface area is 178 Å². The fraction of sp³-hybridized carbons (Fsp3) is 0.579. The molecular formula is C19H31IN4O3. The molecule has 152 valence electrons. The van der Waals surface area contributed by atoms with Crippen molar-refractivity contribution in [2.45, 2.75) is 26.3 Å². The van der Waals surface area contributed by atoms with Crippen LogP contribution in [0.4, 0.5) is 0 Å². The number of nitrogens with zero attached hydrogens (tertiary/aromatic N) is 1. The van der Waals surface area contributed by atoms with Crippen molar-refractivity contribution in [2.24, 2.45) is 10.4 Å². The van der Waals surface area contributed by atoms with E-state index >= 15 is 0 Å². The molecule has 1 amide bonds. The first-order valence-corrected chi connectivity index (χ1v) is 9.14. The van der Waals surface area contributed by atoms with Crippen LogP contribution < -0.4 is 16.0 Å². The highest BCUT2D eigenvalue weighted by Gasteiger charge is 2.34. The zero-order chi connectivity index (χ0) is 18.8. The number of carbonyl (C=O) groups excluding carboxylic acids is 1. The van der Waals surface area contributed by atoms with Crippen molar-refractivity contribution >= 4 is 35.8 Å². The second-order valence-corrected chi connectivity index (χ2v) is 6.60. The maximum Gasteiger partial charge on any atom is 0.251 e. The molecule has 1 atom stereocenters. The van der Waals surface area contributed by atoms with Gasteiger partial charge in [0.25, 0.3) is 5.91 Å². The number of hydrogen-bond donors (Lipinski definition) is 4. The molecule has 4 N–H and O–H groups in total. The van der Waals surface area contributed by atoms with Crippen molar-refractivity contribution in [3.05, 3.63) is 35.4 Å². The Morgan fingerprint density at radius 3 is 2.59 bits per heavy atom. The fourth-order valence-electron chi connectivity index (χ4n) is 3.00. The van der Waals surface area contributed by atoms with E-state index in [1.807, 2.05) is 19.1 Å². The lowest BCUT2D eigenvalue weighted by Crippen LogP contribution is -2.44. The van der Waals surface area contributed by atoms with Crippen molar-refractivity contribution in [3.63, 3.8) is 0 Å². The van der Waals surface area contributed by atoms with E-state index in [1.54, 1.807) is 19.2 Å². The number of nitrogens with one attached hydrogen (secondary N) is 3. The lowest BCUT2D eigenvalue weighted by molar-refractivity contribution is 0.0963.